The van der Waals surface area contributed by atoms with Crippen LogP contribution in [0.2, 0.25) is 0 Å². The third-order valence-corrected chi connectivity index (χ3v) is 6.00. The maximum atomic E-state index is 12.8. The van der Waals surface area contributed by atoms with E-state index >= 15 is 0 Å². The zero-order valence-electron chi connectivity index (χ0n) is 16.3. The van der Waals surface area contributed by atoms with E-state index in [1.165, 1.54) is 29.4 Å². The van der Waals surface area contributed by atoms with E-state index in [1.807, 2.05) is 5.38 Å². The number of anilines is 1. The lowest BCUT2D eigenvalue weighted by atomic mass is 9.97. The number of hydrogen-bond donors (Lipinski definition) is 1. The molecular formula is C22H23N3O3S. The number of thiazole rings is 1. The van der Waals surface area contributed by atoms with Crippen LogP contribution < -0.4 is 5.32 Å². The van der Waals surface area contributed by atoms with Crippen molar-refractivity contribution in [2.75, 3.05) is 18.4 Å². The predicted molar refractivity (Wildman–Crippen MR) is 113 cm³/mol. The zero-order chi connectivity index (χ0) is 20.2. The van der Waals surface area contributed by atoms with Crippen LogP contribution >= 0.6 is 11.3 Å². The van der Waals surface area contributed by atoms with Gasteiger partial charge in [-0.15, -0.1) is 11.3 Å². The van der Waals surface area contributed by atoms with E-state index < -0.39 is 0 Å². The van der Waals surface area contributed by atoms with Crippen molar-refractivity contribution in [3.63, 3.8) is 0 Å². The summed E-state index contributed by atoms with van der Waals surface area (Å²) >= 11 is 1.42. The molecular weight excluding hydrogens is 386 g/mol. The van der Waals surface area contributed by atoms with Crippen molar-refractivity contribution in [1.82, 2.24) is 9.88 Å². The van der Waals surface area contributed by atoms with E-state index in [-0.39, 0.29) is 17.7 Å². The van der Waals surface area contributed by atoms with Crippen LogP contribution in [0.4, 0.5) is 5.13 Å². The van der Waals surface area contributed by atoms with Crippen molar-refractivity contribution in [2.45, 2.75) is 26.2 Å². The summed E-state index contributed by atoms with van der Waals surface area (Å²) < 4.78 is 5.00. The lowest BCUT2D eigenvalue weighted by Crippen LogP contribution is -2.43. The molecule has 2 amide bonds. The van der Waals surface area contributed by atoms with Gasteiger partial charge in [-0.25, -0.2) is 4.98 Å². The molecule has 1 N–H and O–H groups in total. The summed E-state index contributed by atoms with van der Waals surface area (Å²) in [5.41, 5.74) is 3.69. The highest BCUT2D eigenvalue weighted by atomic mass is 32.1. The number of carbonyl (C=O) groups is 2. The van der Waals surface area contributed by atoms with E-state index in [9.17, 15) is 9.59 Å². The largest absolute Gasteiger partial charge is 0.472 e. The molecule has 3 heterocycles. The van der Waals surface area contributed by atoms with E-state index in [0.29, 0.717) is 23.8 Å². The minimum absolute atomic E-state index is 0.0862. The molecule has 29 heavy (non-hydrogen) atoms. The predicted octanol–water partition coefficient (Wildman–Crippen LogP) is 4.46. The Bertz CT molecular complexity index is 979. The molecule has 1 unspecified atom stereocenters. The third-order valence-electron chi connectivity index (χ3n) is 5.24. The molecule has 4 rings (SSSR count). The molecule has 1 atom stereocenters. The number of amides is 2. The van der Waals surface area contributed by atoms with Gasteiger partial charge in [0.15, 0.2) is 5.13 Å². The van der Waals surface area contributed by atoms with Crippen molar-refractivity contribution >= 4 is 28.3 Å². The number of piperidine rings is 1. The fourth-order valence-electron chi connectivity index (χ4n) is 3.53. The maximum Gasteiger partial charge on any atom is 0.257 e. The summed E-state index contributed by atoms with van der Waals surface area (Å²) in [6.07, 6.45) is 5.49. The summed E-state index contributed by atoms with van der Waals surface area (Å²) in [6, 6.07) is 9.96. The first-order valence-electron chi connectivity index (χ1n) is 9.81. The van der Waals surface area contributed by atoms with Gasteiger partial charge < -0.3 is 14.6 Å². The molecule has 0 saturated carbocycles. The van der Waals surface area contributed by atoms with E-state index in [4.69, 9.17) is 4.42 Å². The van der Waals surface area contributed by atoms with Crippen molar-refractivity contribution in [2.24, 2.45) is 5.92 Å². The first-order chi connectivity index (χ1) is 14.1. The molecule has 0 radical (unpaired) electrons. The number of nitrogens with zero attached hydrogens (tertiary/aromatic N) is 2. The fraction of sp³-hybridized carbons (Fsp3) is 0.318. The second kappa shape index (κ2) is 8.61. The smallest absolute Gasteiger partial charge is 0.257 e. The Morgan fingerprint density at radius 3 is 2.83 bits per heavy atom. The summed E-state index contributed by atoms with van der Waals surface area (Å²) in [7, 11) is 0. The molecule has 150 valence electrons. The number of aryl methyl sites for hydroxylation is 1. The molecule has 0 bridgehead atoms. The molecule has 1 aromatic carbocycles. The number of rotatable bonds is 5. The van der Waals surface area contributed by atoms with Crippen LogP contribution in [0, 0.1) is 5.92 Å². The summed E-state index contributed by atoms with van der Waals surface area (Å²) in [5.74, 6) is -0.420. The van der Waals surface area contributed by atoms with Crippen LogP contribution in [0.3, 0.4) is 0 Å². The van der Waals surface area contributed by atoms with Gasteiger partial charge in [-0.3, -0.25) is 9.59 Å². The molecule has 3 aromatic rings. The normalized spacial score (nSPS) is 16.6. The van der Waals surface area contributed by atoms with Crippen LogP contribution in [-0.2, 0) is 11.2 Å². The Hall–Kier alpha value is -2.93. The van der Waals surface area contributed by atoms with Gasteiger partial charge in [-0.2, -0.15) is 0 Å². The van der Waals surface area contributed by atoms with Crippen molar-refractivity contribution in [3.8, 4) is 11.3 Å². The van der Waals surface area contributed by atoms with Crippen LogP contribution in [0.15, 0.2) is 52.7 Å². The summed E-state index contributed by atoms with van der Waals surface area (Å²) in [5, 5.41) is 5.47. The van der Waals surface area contributed by atoms with Crippen LogP contribution in [-0.4, -0.2) is 34.8 Å². The Morgan fingerprint density at radius 2 is 2.10 bits per heavy atom. The lowest BCUT2D eigenvalue weighted by Gasteiger charge is -2.31. The molecule has 1 fully saturated rings. The molecule has 0 spiro atoms. The first-order valence-corrected chi connectivity index (χ1v) is 10.7. The minimum Gasteiger partial charge on any atom is -0.472 e. The zero-order valence-corrected chi connectivity index (χ0v) is 17.1. The van der Waals surface area contributed by atoms with E-state index in [0.717, 1.165) is 30.5 Å². The number of benzene rings is 1. The fourth-order valence-corrected chi connectivity index (χ4v) is 4.25. The number of hydrogen-bond acceptors (Lipinski definition) is 5. The van der Waals surface area contributed by atoms with Gasteiger partial charge in [0.1, 0.15) is 6.26 Å². The van der Waals surface area contributed by atoms with Crippen LogP contribution in [0.25, 0.3) is 11.3 Å². The van der Waals surface area contributed by atoms with Crippen LogP contribution in [0.1, 0.15) is 35.7 Å². The molecule has 1 aliphatic rings. The Kier molecular flexibility index (Phi) is 5.76. The van der Waals surface area contributed by atoms with Crippen molar-refractivity contribution in [3.05, 3.63) is 59.4 Å². The number of nitrogens with one attached hydrogen (secondary N) is 1. The SMILES string of the molecule is CCc1ccc(-c2csc(NC(=O)C3CCCN(C(=O)c4ccoc4)C3)n2)cc1. The lowest BCUT2D eigenvalue weighted by molar-refractivity contribution is -0.121. The van der Waals surface area contributed by atoms with Gasteiger partial charge in [-0.1, -0.05) is 31.2 Å². The van der Waals surface area contributed by atoms with Crippen LogP contribution in [0.5, 0.6) is 0 Å². The van der Waals surface area contributed by atoms with E-state index in [1.54, 1.807) is 11.0 Å². The number of carbonyl (C=O) groups excluding carboxylic acids is 2. The standard InChI is InChI=1S/C22H23N3O3S/c1-2-15-5-7-16(8-6-15)19-14-29-22(23-19)24-20(26)17-4-3-10-25(12-17)21(27)18-9-11-28-13-18/h5-9,11,13-14,17H,2-4,10,12H2,1H3,(H,23,24,26). The number of likely N-dealkylation sites (tertiary alicyclic amines) is 1. The Balaban J connectivity index is 1.38. The monoisotopic (exact) mass is 409 g/mol. The highest BCUT2D eigenvalue weighted by molar-refractivity contribution is 7.14. The Morgan fingerprint density at radius 1 is 1.28 bits per heavy atom. The number of furan rings is 1. The average Bonchev–Trinajstić information content (AvgIpc) is 3.46. The molecule has 1 saturated heterocycles. The first kappa shape index (κ1) is 19.4. The Labute approximate surface area is 173 Å². The van der Waals surface area contributed by atoms with Crippen molar-refractivity contribution in [1.29, 1.82) is 0 Å². The summed E-state index contributed by atoms with van der Waals surface area (Å²) in [6.45, 7) is 3.19. The van der Waals surface area contributed by atoms with Crippen molar-refractivity contribution < 1.29 is 14.0 Å². The highest BCUT2D eigenvalue weighted by Crippen LogP contribution is 2.27. The average molecular weight is 410 g/mol. The van der Waals surface area contributed by atoms with Gasteiger partial charge >= 0.3 is 0 Å². The third kappa shape index (κ3) is 4.40. The second-order valence-corrected chi connectivity index (χ2v) is 8.04. The topological polar surface area (TPSA) is 75.4 Å². The molecule has 2 aromatic heterocycles. The van der Waals surface area contributed by atoms with Gasteiger partial charge in [0.2, 0.25) is 5.91 Å². The van der Waals surface area contributed by atoms with Gasteiger partial charge in [0.25, 0.3) is 5.91 Å². The number of aromatic nitrogens is 1. The van der Waals surface area contributed by atoms with Gasteiger partial charge in [-0.05, 0) is 30.9 Å². The quantitative estimate of drug-likeness (QED) is 0.675. The summed E-state index contributed by atoms with van der Waals surface area (Å²) in [4.78, 5) is 31.6. The van der Waals surface area contributed by atoms with Gasteiger partial charge in [0.05, 0.1) is 23.4 Å². The van der Waals surface area contributed by atoms with E-state index in [2.05, 4.69) is 41.5 Å². The van der Waals surface area contributed by atoms with Gasteiger partial charge in [0, 0.05) is 24.0 Å². The molecule has 0 aliphatic carbocycles. The molecule has 7 heteroatoms. The molecule has 6 nitrogen and oxygen atoms in total. The minimum atomic E-state index is -0.240. The molecule has 1 aliphatic heterocycles. The second-order valence-electron chi connectivity index (χ2n) is 7.18. The highest BCUT2D eigenvalue weighted by Gasteiger charge is 2.29. The maximum absolute atomic E-state index is 12.8.